The number of amides is 1. The van der Waals surface area contributed by atoms with Gasteiger partial charge in [-0.2, -0.15) is 0 Å². The minimum atomic E-state index is -0.136. The van der Waals surface area contributed by atoms with Crippen LogP contribution in [0.15, 0.2) is 47.5 Å². The molecule has 7 heteroatoms. The van der Waals surface area contributed by atoms with Crippen molar-refractivity contribution < 1.29 is 4.79 Å². The van der Waals surface area contributed by atoms with Gasteiger partial charge in [0.1, 0.15) is 6.54 Å². The van der Waals surface area contributed by atoms with Crippen molar-refractivity contribution in [1.82, 2.24) is 10.6 Å². The SMILES string of the molecule is CCNC(=NCC(=O)Nc1ccccc1)NCc1ccc(CC)s1.I. The molecule has 1 aromatic carbocycles. The number of guanidine groups is 1. The molecule has 0 bridgehead atoms. The fraction of sp³-hybridized carbons (Fsp3) is 0.333. The number of anilines is 1. The van der Waals surface area contributed by atoms with Gasteiger partial charge in [0, 0.05) is 22.0 Å². The minimum Gasteiger partial charge on any atom is -0.357 e. The van der Waals surface area contributed by atoms with Crippen LogP contribution < -0.4 is 16.0 Å². The summed E-state index contributed by atoms with van der Waals surface area (Å²) in [5, 5.41) is 9.24. The standard InChI is InChI=1S/C18H24N4OS.HI/c1-3-15-10-11-16(24-15)12-20-18(19-4-2)21-13-17(23)22-14-8-6-5-7-9-14;/h5-11H,3-4,12-13H2,1-2H3,(H,22,23)(H2,19,20,21);1H. The van der Waals surface area contributed by atoms with Crippen molar-refractivity contribution in [3.05, 3.63) is 52.2 Å². The average Bonchev–Trinajstić information content (AvgIpc) is 3.06. The maximum atomic E-state index is 12.0. The Morgan fingerprint density at radius 2 is 1.76 bits per heavy atom. The van der Waals surface area contributed by atoms with Gasteiger partial charge in [-0.05, 0) is 37.6 Å². The molecule has 3 N–H and O–H groups in total. The molecule has 0 aliphatic rings. The number of para-hydroxylation sites is 1. The summed E-state index contributed by atoms with van der Waals surface area (Å²) >= 11 is 1.79. The van der Waals surface area contributed by atoms with Crippen LogP contribution in [-0.4, -0.2) is 25.0 Å². The summed E-state index contributed by atoms with van der Waals surface area (Å²) in [5.74, 6) is 0.509. The molecule has 0 saturated heterocycles. The Bertz CT molecular complexity index is 673. The summed E-state index contributed by atoms with van der Waals surface area (Å²) in [6, 6.07) is 13.7. The third-order valence-corrected chi connectivity index (χ3v) is 4.51. The van der Waals surface area contributed by atoms with E-state index in [0.29, 0.717) is 12.5 Å². The van der Waals surface area contributed by atoms with Crippen LogP contribution in [0.1, 0.15) is 23.6 Å². The van der Waals surface area contributed by atoms with Crippen molar-refractivity contribution in [2.45, 2.75) is 26.8 Å². The van der Waals surface area contributed by atoms with E-state index in [-0.39, 0.29) is 36.4 Å². The maximum Gasteiger partial charge on any atom is 0.246 e. The number of nitrogens with one attached hydrogen (secondary N) is 3. The first kappa shape index (κ1) is 21.4. The first-order valence-corrected chi connectivity index (χ1v) is 8.97. The summed E-state index contributed by atoms with van der Waals surface area (Å²) in [4.78, 5) is 18.9. The number of thiophene rings is 1. The molecule has 2 rings (SSSR count). The van der Waals surface area contributed by atoms with E-state index in [2.05, 4.69) is 40.0 Å². The number of aliphatic imine (C=N–C) groups is 1. The summed E-state index contributed by atoms with van der Waals surface area (Å²) in [5.41, 5.74) is 0.779. The van der Waals surface area contributed by atoms with Gasteiger partial charge < -0.3 is 16.0 Å². The third-order valence-electron chi connectivity index (χ3n) is 3.28. The monoisotopic (exact) mass is 472 g/mol. The highest BCUT2D eigenvalue weighted by atomic mass is 127. The van der Waals surface area contributed by atoms with E-state index in [1.807, 2.05) is 37.3 Å². The van der Waals surface area contributed by atoms with Crippen LogP contribution in [0.4, 0.5) is 5.69 Å². The van der Waals surface area contributed by atoms with Crippen molar-refractivity contribution in [3.63, 3.8) is 0 Å². The summed E-state index contributed by atoms with van der Waals surface area (Å²) < 4.78 is 0. The fourth-order valence-electron chi connectivity index (χ4n) is 2.09. The Hall–Kier alpha value is -1.61. The van der Waals surface area contributed by atoms with Crippen molar-refractivity contribution in [3.8, 4) is 0 Å². The van der Waals surface area contributed by atoms with Gasteiger partial charge in [-0.25, -0.2) is 4.99 Å². The van der Waals surface area contributed by atoms with Crippen LogP contribution in [0.2, 0.25) is 0 Å². The van der Waals surface area contributed by atoms with Gasteiger partial charge >= 0.3 is 0 Å². The van der Waals surface area contributed by atoms with Crippen LogP contribution in [-0.2, 0) is 17.8 Å². The molecule has 0 aliphatic heterocycles. The number of aryl methyl sites for hydroxylation is 1. The van der Waals surface area contributed by atoms with Gasteiger partial charge in [0.15, 0.2) is 5.96 Å². The number of hydrogen-bond donors (Lipinski definition) is 3. The molecule has 5 nitrogen and oxygen atoms in total. The Balaban J connectivity index is 0.00000312. The Labute approximate surface area is 170 Å². The number of nitrogens with zero attached hydrogens (tertiary/aromatic N) is 1. The van der Waals surface area contributed by atoms with Gasteiger partial charge in [0.25, 0.3) is 0 Å². The van der Waals surface area contributed by atoms with E-state index < -0.39 is 0 Å². The number of carbonyl (C=O) groups is 1. The minimum absolute atomic E-state index is 0. The van der Waals surface area contributed by atoms with E-state index in [1.165, 1.54) is 9.75 Å². The normalized spacial score (nSPS) is 10.7. The van der Waals surface area contributed by atoms with Crippen LogP contribution in [0.5, 0.6) is 0 Å². The fourth-order valence-corrected chi connectivity index (χ4v) is 2.99. The zero-order valence-electron chi connectivity index (χ0n) is 14.5. The van der Waals surface area contributed by atoms with Crippen LogP contribution in [0.25, 0.3) is 0 Å². The van der Waals surface area contributed by atoms with Gasteiger partial charge in [-0.1, -0.05) is 25.1 Å². The first-order valence-electron chi connectivity index (χ1n) is 8.16. The molecule has 25 heavy (non-hydrogen) atoms. The summed E-state index contributed by atoms with van der Waals surface area (Å²) in [7, 11) is 0. The predicted molar refractivity (Wildman–Crippen MR) is 117 cm³/mol. The maximum absolute atomic E-state index is 12.0. The predicted octanol–water partition coefficient (Wildman–Crippen LogP) is 3.62. The molecule has 0 fully saturated rings. The van der Waals surface area contributed by atoms with Gasteiger partial charge in [0.05, 0.1) is 6.54 Å². The lowest BCUT2D eigenvalue weighted by molar-refractivity contribution is -0.114. The van der Waals surface area contributed by atoms with Crippen LogP contribution >= 0.6 is 35.3 Å². The number of hydrogen-bond acceptors (Lipinski definition) is 3. The molecular formula is C18H25IN4OS. The highest BCUT2D eigenvalue weighted by Gasteiger charge is 2.04. The average molecular weight is 472 g/mol. The summed E-state index contributed by atoms with van der Waals surface area (Å²) in [6.45, 7) is 5.68. The van der Waals surface area contributed by atoms with Crippen molar-refractivity contribution >= 4 is 52.9 Å². The Morgan fingerprint density at radius 3 is 2.40 bits per heavy atom. The molecule has 1 amide bonds. The number of carbonyl (C=O) groups excluding carboxylic acids is 1. The van der Waals surface area contributed by atoms with Crippen molar-refractivity contribution in [2.24, 2.45) is 4.99 Å². The molecule has 0 aliphatic carbocycles. The quantitative estimate of drug-likeness (QED) is 0.328. The Kier molecular flexibility index (Phi) is 10.2. The molecular weight excluding hydrogens is 447 g/mol. The van der Waals surface area contributed by atoms with E-state index in [9.17, 15) is 4.79 Å². The van der Waals surface area contributed by atoms with Crippen LogP contribution in [0, 0.1) is 0 Å². The molecule has 0 radical (unpaired) electrons. The van der Waals surface area contributed by atoms with Crippen molar-refractivity contribution in [2.75, 3.05) is 18.4 Å². The molecule has 0 spiro atoms. The molecule has 0 atom stereocenters. The number of halogens is 1. The van der Waals surface area contributed by atoms with E-state index in [0.717, 1.165) is 18.7 Å². The van der Waals surface area contributed by atoms with Gasteiger partial charge in [-0.3, -0.25) is 4.79 Å². The lowest BCUT2D eigenvalue weighted by atomic mass is 10.3. The first-order chi connectivity index (χ1) is 11.7. The summed E-state index contributed by atoms with van der Waals surface area (Å²) in [6.07, 6.45) is 1.05. The largest absolute Gasteiger partial charge is 0.357 e. The lowest BCUT2D eigenvalue weighted by Crippen LogP contribution is -2.37. The molecule has 1 aromatic heterocycles. The molecule has 2 aromatic rings. The number of rotatable bonds is 7. The number of benzene rings is 1. The molecule has 1 heterocycles. The Morgan fingerprint density at radius 1 is 1.04 bits per heavy atom. The zero-order chi connectivity index (χ0) is 17.2. The second kappa shape index (κ2) is 11.9. The molecule has 0 saturated carbocycles. The highest BCUT2D eigenvalue weighted by Crippen LogP contribution is 2.16. The molecule has 0 unspecified atom stereocenters. The highest BCUT2D eigenvalue weighted by molar-refractivity contribution is 14.0. The second-order valence-electron chi connectivity index (χ2n) is 5.18. The topological polar surface area (TPSA) is 65.5 Å². The second-order valence-corrected chi connectivity index (χ2v) is 6.44. The van der Waals surface area contributed by atoms with E-state index >= 15 is 0 Å². The third kappa shape index (κ3) is 7.87. The van der Waals surface area contributed by atoms with Gasteiger partial charge in [-0.15, -0.1) is 35.3 Å². The van der Waals surface area contributed by atoms with Crippen LogP contribution in [0.3, 0.4) is 0 Å². The van der Waals surface area contributed by atoms with Gasteiger partial charge in [0.2, 0.25) is 5.91 Å². The lowest BCUT2D eigenvalue weighted by Gasteiger charge is -2.10. The van der Waals surface area contributed by atoms with Crippen molar-refractivity contribution in [1.29, 1.82) is 0 Å². The van der Waals surface area contributed by atoms with E-state index in [4.69, 9.17) is 0 Å². The van der Waals surface area contributed by atoms with E-state index in [1.54, 1.807) is 11.3 Å². The molecule has 136 valence electrons. The smallest absolute Gasteiger partial charge is 0.246 e. The zero-order valence-corrected chi connectivity index (χ0v) is 17.7.